The maximum Gasteiger partial charge on any atom is 0.417 e. The number of ether oxygens (including phenoxy) is 1. The number of amides is 1. The van der Waals surface area contributed by atoms with Gasteiger partial charge < -0.3 is 15.4 Å². The summed E-state index contributed by atoms with van der Waals surface area (Å²) in [6.07, 6.45) is -3.71. The second-order valence-corrected chi connectivity index (χ2v) is 8.65. The Balaban J connectivity index is 1.74. The minimum atomic E-state index is -4.48. The molecule has 0 fully saturated rings. The van der Waals surface area contributed by atoms with Crippen LogP contribution in [0, 0.1) is 0 Å². The number of anilines is 1. The molecule has 1 aliphatic rings. The number of nitrogen functional groups attached to an aromatic ring is 1. The van der Waals surface area contributed by atoms with Gasteiger partial charge in [-0.05, 0) is 50.6 Å². The van der Waals surface area contributed by atoms with Gasteiger partial charge >= 0.3 is 6.18 Å². The van der Waals surface area contributed by atoms with E-state index in [0.717, 1.165) is 28.8 Å². The van der Waals surface area contributed by atoms with Crippen molar-refractivity contribution in [2.24, 2.45) is 0 Å². The lowest BCUT2D eigenvalue weighted by atomic mass is 10.0. The van der Waals surface area contributed by atoms with Gasteiger partial charge in [0.2, 0.25) is 0 Å². The number of carbonyl (C=O) groups excluding carboxylic acids is 1. The summed E-state index contributed by atoms with van der Waals surface area (Å²) in [6.45, 7) is 6.07. The first kappa shape index (κ1) is 23.3. The predicted molar refractivity (Wildman–Crippen MR) is 119 cm³/mol. The molecular formula is C23H22ClF3N4O2. The van der Waals surface area contributed by atoms with E-state index < -0.39 is 17.8 Å². The number of rotatable bonds is 4. The highest BCUT2D eigenvalue weighted by Crippen LogP contribution is 2.35. The van der Waals surface area contributed by atoms with Crippen molar-refractivity contribution >= 4 is 34.2 Å². The Labute approximate surface area is 193 Å². The van der Waals surface area contributed by atoms with Crippen molar-refractivity contribution < 1.29 is 22.7 Å². The molecule has 2 N–H and O–H groups in total. The van der Waals surface area contributed by atoms with E-state index in [1.807, 2.05) is 13.8 Å². The number of aromatic nitrogens is 2. The van der Waals surface area contributed by atoms with E-state index in [1.54, 1.807) is 24.0 Å². The Hall–Kier alpha value is -2.91. The maximum absolute atomic E-state index is 13.6. The Kier molecular flexibility index (Phi) is 5.96. The van der Waals surface area contributed by atoms with Crippen molar-refractivity contribution in [3.63, 3.8) is 0 Å². The van der Waals surface area contributed by atoms with Gasteiger partial charge in [0.25, 0.3) is 5.91 Å². The Bertz CT molecular complexity index is 1230. The molecule has 10 heteroatoms. The minimum Gasteiger partial charge on any atom is -0.383 e. The molecule has 6 nitrogen and oxygen atoms in total. The second kappa shape index (κ2) is 8.46. The summed E-state index contributed by atoms with van der Waals surface area (Å²) >= 11 is 6.47. The van der Waals surface area contributed by atoms with Crippen LogP contribution in [0.1, 0.15) is 59.6 Å². The number of benzene rings is 1. The molecule has 3 aromatic rings. The lowest BCUT2D eigenvalue weighted by Crippen LogP contribution is -2.39. The van der Waals surface area contributed by atoms with Gasteiger partial charge in [-0.1, -0.05) is 11.6 Å². The molecule has 174 valence electrons. The van der Waals surface area contributed by atoms with Gasteiger partial charge in [-0.3, -0.25) is 9.78 Å². The van der Waals surface area contributed by atoms with Gasteiger partial charge in [0, 0.05) is 23.2 Å². The molecule has 4 rings (SSSR count). The number of pyridine rings is 2. The Morgan fingerprint density at radius 1 is 1.18 bits per heavy atom. The minimum absolute atomic E-state index is 0.205. The van der Waals surface area contributed by atoms with Crippen LogP contribution in [-0.2, 0) is 24.1 Å². The van der Waals surface area contributed by atoms with Crippen molar-refractivity contribution in [3.8, 4) is 0 Å². The van der Waals surface area contributed by atoms with Crippen LogP contribution >= 0.6 is 11.6 Å². The number of carbonyl (C=O) groups is 1. The molecule has 0 bridgehead atoms. The van der Waals surface area contributed by atoms with Crippen molar-refractivity contribution in [1.82, 2.24) is 14.9 Å². The highest BCUT2D eigenvalue weighted by atomic mass is 35.5. The quantitative estimate of drug-likeness (QED) is 0.533. The fraction of sp³-hybridized carbons (Fsp3) is 0.348. The lowest BCUT2D eigenvalue weighted by molar-refractivity contribution is -0.137. The van der Waals surface area contributed by atoms with E-state index in [-0.39, 0.29) is 22.5 Å². The van der Waals surface area contributed by atoms with Gasteiger partial charge in [-0.25, -0.2) is 4.98 Å². The Morgan fingerprint density at radius 3 is 2.48 bits per heavy atom. The van der Waals surface area contributed by atoms with Crippen LogP contribution in [-0.4, -0.2) is 26.8 Å². The highest BCUT2D eigenvalue weighted by Gasteiger charge is 2.32. The zero-order valence-corrected chi connectivity index (χ0v) is 19.0. The van der Waals surface area contributed by atoms with E-state index in [4.69, 9.17) is 22.1 Å². The number of nitrogens with two attached hydrogens (primary N) is 1. The third-order valence-corrected chi connectivity index (χ3v) is 6.11. The van der Waals surface area contributed by atoms with Gasteiger partial charge in [-0.15, -0.1) is 0 Å². The molecule has 3 heterocycles. The largest absolute Gasteiger partial charge is 0.417 e. The average molecular weight is 479 g/mol. The standard InChI is InChI=1S/C23H22ClF3N4O2/c1-11(2)31(12(3)19-5-4-13(8-29-19)23(25,26)27)22(32)15-6-14-16-9-33-10-17(16)21(28)30-20(14)7-18(15)24/h4-8,11-12H,9-10H2,1-3H3,(H2,28,30)/t12-/m0/s1. The maximum atomic E-state index is 13.6. The topological polar surface area (TPSA) is 81.3 Å². The average Bonchev–Trinajstić information content (AvgIpc) is 3.23. The molecule has 1 aromatic carbocycles. The van der Waals surface area contributed by atoms with E-state index in [0.29, 0.717) is 30.2 Å². The Morgan fingerprint density at radius 2 is 1.88 bits per heavy atom. The van der Waals surface area contributed by atoms with Crippen LogP contribution in [0.5, 0.6) is 0 Å². The number of fused-ring (bicyclic) bond motifs is 3. The smallest absolute Gasteiger partial charge is 0.383 e. The lowest BCUT2D eigenvalue weighted by Gasteiger charge is -2.33. The van der Waals surface area contributed by atoms with E-state index in [2.05, 4.69) is 9.97 Å². The molecule has 0 radical (unpaired) electrons. The van der Waals surface area contributed by atoms with Crippen molar-refractivity contribution in [3.05, 3.63) is 63.4 Å². The summed E-state index contributed by atoms with van der Waals surface area (Å²) in [5.74, 6) is 0.00605. The molecule has 0 saturated carbocycles. The van der Waals surface area contributed by atoms with Crippen LogP contribution < -0.4 is 5.73 Å². The number of nitrogens with zero attached hydrogens (tertiary/aromatic N) is 3. The van der Waals surface area contributed by atoms with Crippen LogP contribution in [0.3, 0.4) is 0 Å². The van der Waals surface area contributed by atoms with Gasteiger partial charge in [0.05, 0.1) is 46.6 Å². The highest BCUT2D eigenvalue weighted by molar-refractivity contribution is 6.34. The molecule has 0 spiro atoms. The van der Waals surface area contributed by atoms with Crippen molar-refractivity contribution in [2.75, 3.05) is 5.73 Å². The number of halogens is 4. The molecule has 33 heavy (non-hydrogen) atoms. The third kappa shape index (κ3) is 4.22. The monoisotopic (exact) mass is 478 g/mol. The molecule has 0 unspecified atom stereocenters. The van der Waals surface area contributed by atoms with E-state index in [1.165, 1.54) is 6.07 Å². The molecule has 1 amide bonds. The second-order valence-electron chi connectivity index (χ2n) is 8.25. The van der Waals surface area contributed by atoms with Crippen molar-refractivity contribution in [1.29, 1.82) is 0 Å². The summed E-state index contributed by atoms with van der Waals surface area (Å²) in [7, 11) is 0. The summed E-state index contributed by atoms with van der Waals surface area (Å²) in [4.78, 5) is 23.5. The van der Waals surface area contributed by atoms with Gasteiger partial charge in [0.15, 0.2) is 0 Å². The molecule has 1 aliphatic heterocycles. The fourth-order valence-electron chi connectivity index (χ4n) is 4.12. The third-order valence-electron chi connectivity index (χ3n) is 5.80. The van der Waals surface area contributed by atoms with Gasteiger partial charge in [-0.2, -0.15) is 13.2 Å². The fourth-order valence-corrected chi connectivity index (χ4v) is 4.35. The molecule has 0 aliphatic carbocycles. The first-order valence-corrected chi connectivity index (χ1v) is 10.7. The van der Waals surface area contributed by atoms with Crippen LogP contribution in [0.25, 0.3) is 10.9 Å². The van der Waals surface area contributed by atoms with Crippen LogP contribution in [0.15, 0.2) is 30.5 Å². The predicted octanol–water partition coefficient (Wildman–Crippen LogP) is 5.53. The van der Waals surface area contributed by atoms with Crippen LogP contribution in [0.2, 0.25) is 5.02 Å². The van der Waals surface area contributed by atoms with Crippen LogP contribution in [0.4, 0.5) is 19.0 Å². The first-order chi connectivity index (χ1) is 15.5. The van der Waals surface area contributed by atoms with Crippen molar-refractivity contribution in [2.45, 2.75) is 52.2 Å². The summed E-state index contributed by atoms with van der Waals surface area (Å²) in [6, 6.07) is 4.66. The number of alkyl halides is 3. The normalized spacial score (nSPS) is 14.5. The van der Waals surface area contributed by atoms with E-state index >= 15 is 0 Å². The first-order valence-electron chi connectivity index (χ1n) is 10.3. The number of hydrogen-bond donors (Lipinski definition) is 1. The summed E-state index contributed by atoms with van der Waals surface area (Å²) < 4.78 is 44.2. The zero-order valence-electron chi connectivity index (χ0n) is 18.2. The molecule has 2 aromatic heterocycles. The van der Waals surface area contributed by atoms with Gasteiger partial charge in [0.1, 0.15) is 5.82 Å². The summed E-state index contributed by atoms with van der Waals surface area (Å²) in [5, 5.41) is 0.935. The zero-order chi connectivity index (χ0) is 24.1. The molecule has 0 saturated heterocycles. The van der Waals surface area contributed by atoms with E-state index in [9.17, 15) is 18.0 Å². The summed E-state index contributed by atoms with van der Waals surface area (Å²) in [5.41, 5.74) is 8.01. The molecule has 1 atom stereocenters. The SMILES string of the molecule is CC(C)N(C(=O)c1cc2c3c(c(N)nc2cc1Cl)COC3)[C@@H](C)c1ccc(C(F)(F)F)cn1. The number of hydrogen-bond acceptors (Lipinski definition) is 5. The molecular weight excluding hydrogens is 457 g/mol.